The van der Waals surface area contributed by atoms with E-state index in [1.54, 1.807) is 11.3 Å². The normalized spacial score (nSPS) is 18.9. The Bertz CT molecular complexity index is 603. The van der Waals surface area contributed by atoms with Gasteiger partial charge in [-0.1, -0.05) is 30.8 Å². The van der Waals surface area contributed by atoms with Gasteiger partial charge >= 0.3 is 0 Å². The summed E-state index contributed by atoms with van der Waals surface area (Å²) >= 11 is 8.56. The fourth-order valence-corrected chi connectivity index (χ4v) is 5.38. The molecule has 0 radical (unpaired) electrons. The molecule has 20 heavy (non-hydrogen) atoms. The van der Waals surface area contributed by atoms with Crippen molar-refractivity contribution in [3.63, 3.8) is 0 Å². The summed E-state index contributed by atoms with van der Waals surface area (Å²) in [6, 6.07) is 1.97. The van der Waals surface area contributed by atoms with Crippen LogP contribution in [0, 0.1) is 0 Å². The van der Waals surface area contributed by atoms with Crippen LogP contribution in [0.2, 0.25) is 0 Å². The topological polar surface area (TPSA) is 64.9 Å². The second-order valence-corrected chi connectivity index (χ2v) is 8.98. The van der Waals surface area contributed by atoms with Crippen molar-refractivity contribution in [1.82, 2.24) is 10.1 Å². The van der Waals surface area contributed by atoms with E-state index in [9.17, 15) is 0 Å². The van der Waals surface area contributed by atoms with Crippen LogP contribution in [0.25, 0.3) is 11.5 Å². The molecule has 1 saturated carbocycles. The molecule has 0 atom stereocenters. The van der Waals surface area contributed by atoms with E-state index in [1.165, 1.54) is 12.8 Å². The van der Waals surface area contributed by atoms with E-state index in [0.29, 0.717) is 11.7 Å². The van der Waals surface area contributed by atoms with Gasteiger partial charge in [0.25, 0.3) is 5.89 Å². The molecule has 1 aliphatic carbocycles. The molecule has 2 heterocycles. The van der Waals surface area contributed by atoms with Crippen LogP contribution in [0.5, 0.6) is 0 Å². The highest BCUT2D eigenvalue weighted by Crippen LogP contribution is 2.39. The number of thiophene rings is 1. The van der Waals surface area contributed by atoms with Gasteiger partial charge in [-0.3, -0.25) is 0 Å². The Morgan fingerprint density at radius 2 is 1.90 bits per heavy atom. The minimum atomic E-state index is -0.433. The van der Waals surface area contributed by atoms with Gasteiger partial charge < -0.3 is 10.3 Å². The van der Waals surface area contributed by atoms with Crippen LogP contribution in [0.15, 0.2) is 18.2 Å². The zero-order chi connectivity index (χ0) is 14.2. The Morgan fingerprint density at radius 1 is 1.20 bits per heavy atom. The van der Waals surface area contributed by atoms with Gasteiger partial charge in [0.1, 0.15) is 0 Å². The third kappa shape index (κ3) is 2.86. The monoisotopic (exact) mass is 419 g/mol. The molecule has 2 aromatic heterocycles. The molecule has 4 nitrogen and oxygen atoms in total. The minimum absolute atomic E-state index is 0.433. The smallest absolute Gasteiger partial charge is 0.260 e. The van der Waals surface area contributed by atoms with Crippen LogP contribution in [-0.4, -0.2) is 10.1 Å². The fourth-order valence-electron chi connectivity index (χ4n) is 2.60. The Morgan fingerprint density at radius 3 is 2.50 bits per heavy atom. The maximum Gasteiger partial charge on any atom is 0.260 e. The van der Waals surface area contributed by atoms with Crippen molar-refractivity contribution >= 4 is 43.2 Å². The highest BCUT2D eigenvalue weighted by atomic mass is 79.9. The average molecular weight is 421 g/mol. The second kappa shape index (κ2) is 5.87. The fraction of sp³-hybridized carbons (Fsp3) is 0.538. The van der Waals surface area contributed by atoms with Crippen LogP contribution in [0.1, 0.15) is 44.3 Å². The first-order valence-corrected chi connectivity index (χ1v) is 9.07. The highest BCUT2D eigenvalue weighted by molar-refractivity contribution is 9.12. The molecule has 0 saturated heterocycles. The summed E-state index contributed by atoms with van der Waals surface area (Å²) in [4.78, 5) is 4.54. The van der Waals surface area contributed by atoms with Gasteiger partial charge in [-0.05, 0) is 50.8 Å². The largest absolute Gasteiger partial charge is 0.334 e. The van der Waals surface area contributed by atoms with Crippen LogP contribution in [0.4, 0.5) is 0 Å². The summed E-state index contributed by atoms with van der Waals surface area (Å²) in [5, 5.41) is 4.14. The number of hydrogen-bond donors (Lipinski definition) is 1. The van der Waals surface area contributed by atoms with Gasteiger partial charge in [-0.2, -0.15) is 4.98 Å². The first-order chi connectivity index (χ1) is 9.58. The lowest BCUT2D eigenvalue weighted by molar-refractivity contribution is 0.334. The van der Waals surface area contributed by atoms with Crippen molar-refractivity contribution in [2.75, 3.05) is 0 Å². The van der Waals surface area contributed by atoms with E-state index < -0.39 is 5.54 Å². The summed E-state index contributed by atoms with van der Waals surface area (Å²) in [5.41, 5.74) is 6.99. The quantitative estimate of drug-likeness (QED) is 0.706. The maximum atomic E-state index is 6.51. The molecule has 1 fully saturated rings. The van der Waals surface area contributed by atoms with Gasteiger partial charge in [-0.25, -0.2) is 0 Å². The molecule has 1 aliphatic rings. The van der Waals surface area contributed by atoms with Crippen LogP contribution >= 0.6 is 43.2 Å². The predicted molar refractivity (Wildman–Crippen MR) is 86.6 cm³/mol. The Kier molecular flexibility index (Phi) is 4.31. The molecule has 0 spiro atoms. The summed E-state index contributed by atoms with van der Waals surface area (Å²) in [6.07, 6.45) is 6.61. The van der Waals surface area contributed by atoms with Crippen molar-refractivity contribution in [3.8, 4) is 11.5 Å². The number of nitrogens with two attached hydrogens (primary N) is 1. The standard InChI is InChI=1S/C13H15Br2N3OS/c14-9-7-8(10(15)20-9)11-17-12(18-19-11)13(16)5-3-1-2-4-6-13/h7H,1-6,16H2. The van der Waals surface area contributed by atoms with Gasteiger partial charge in [0.15, 0.2) is 5.82 Å². The summed E-state index contributed by atoms with van der Waals surface area (Å²) < 4.78 is 7.42. The Labute approximate surface area is 138 Å². The molecule has 2 aromatic rings. The molecular weight excluding hydrogens is 406 g/mol. The molecule has 0 aliphatic heterocycles. The third-order valence-corrected chi connectivity index (χ3v) is 6.09. The number of rotatable bonds is 2. The first kappa shape index (κ1) is 14.7. The van der Waals surface area contributed by atoms with Crippen molar-refractivity contribution in [2.45, 2.75) is 44.1 Å². The van der Waals surface area contributed by atoms with Crippen molar-refractivity contribution < 1.29 is 4.52 Å². The van der Waals surface area contributed by atoms with Crippen LogP contribution in [-0.2, 0) is 5.54 Å². The number of halogens is 2. The number of nitrogens with zero attached hydrogens (tertiary/aromatic N) is 2. The molecule has 0 aromatic carbocycles. The number of aromatic nitrogens is 2. The molecule has 2 N–H and O–H groups in total. The van der Waals surface area contributed by atoms with Gasteiger partial charge in [0, 0.05) is 0 Å². The average Bonchev–Trinajstić information content (AvgIpc) is 2.94. The summed E-state index contributed by atoms with van der Waals surface area (Å²) in [5.74, 6) is 1.17. The van der Waals surface area contributed by atoms with E-state index in [-0.39, 0.29) is 0 Å². The molecule has 0 bridgehead atoms. The summed E-state index contributed by atoms with van der Waals surface area (Å²) in [6.45, 7) is 0. The lowest BCUT2D eigenvalue weighted by Crippen LogP contribution is -2.37. The van der Waals surface area contributed by atoms with E-state index in [1.807, 2.05) is 6.07 Å². The van der Waals surface area contributed by atoms with Crippen LogP contribution in [0.3, 0.4) is 0 Å². The third-order valence-electron chi connectivity index (χ3n) is 3.75. The second-order valence-electron chi connectivity index (χ2n) is 5.23. The van der Waals surface area contributed by atoms with Crippen molar-refractivity contribution in [3.05, 3.63) is 19.5 Å². The molecule has 7 heteroatoms. The molecule has 0 amide bonds. The SMILES string of the molecule is NC1(c2noc(-c3cc(Br)sc3Br)n2)CCCCCC1. The van der Waals surface area contributed by atoms with Gasteiger partial charge in [0.05, 0.1) is 18.7 Å². The first-order valence-electron chi connectivity index (χ1n) is 6.67. The lowest BCUT2D eigenvalue weighted by Gasteiger charge is -2.23. The minimum Gasteiger partial charge on any atom is -0.334 e. The molecule has 3 rings (SSSR count). The lowest BCUT2D eigenvalue weighted by atomic mass is 9.91. The zero-order valence-corrected chi connectivity index (χ0v) is 14.9. The molecular formula is C13H15Br2N3OS. The van der Waals surface area contributed by atoms with E-state index >= 15 is 0 Å². The zero-order valence-electron chi connectivity index (χ0n) is 10.9. The van der Waals surface area contributed by atoms with E-state index in [0.717, 1.165) is 38.8 Å². The Hall–Kier alpha value is -0.240. The van der Waals surface area contributed by atoms with E-state index in [4.69, 9.17) is 10.3 Å². The van der Waals surface area contributed by atoms with Crippen LogP contribution < -0.4 is 5.73 Å². The molecule has 108 valence electrons. The summed E-state index contributed by atoms with van der Waals surface area (Å²) in [7, 11) is 0. The van der Waals surface area contributed by atoms with Crippen molar-refractivity contribution in [2.24, 2.45) is 5.73 Å². The molecule has 0 unspecified atom stereocenters. The number of hydrogen-bond acceptors (Lipinski definition) is 5. The predicted octanol–water partition coefficient (Wildman–Crippen LogP) is 4.83. The van der Waals surface area contributed by atoms with Crippen molar-refractivity contribution in [1.29, 1.82) is 0 Å². The van der Waals surface area contributed by atoms with Gasteiger partial charge in [0.2, 0.25) is 0 Å². The highest BCUT2D eigenvalue weighted by Gasteiger charge is 2.33. The van der Waals surface area contributed by atoms with E-state index in [2.05, 4.69) is 42.0 Å². The van der Waals surface area contributed by atoms with Gasteiger partial charge in [-0.15, -0.1) is 11.3 Å². The maximum absolute atomic E-state index is 6.51. The Balaban J connectivity index is 1.91.